The molecule has 1 aliphatic rings. The van der Waals surface area contributed by atoms with Gasteiger partial charge in [-0.25, -0.2) is 4.39 Å². The zero-order valence-corrected chi connectivity index (χ0v) is 11.6. The molecule has 0 radical (unpaired) electrons. The van der Waals surface area contributed by atoms with E-state index < -0.39 is 0 Å². The average molecular weight is 263 g/mol. The largest absolute Gasteiger partial charge is 0.384 e. The van der Waals surface area contributed by atoms with E-state index in [2.05, 4.69) is 18.7 Å². The van der Waals surface area contributed by atoms with E-state index >= 15 is 0 Å². The summed E-state index contributed by atoms with van der Waals surface area (Å²) < 4.78 is 13.3. The summed E-state index contributed by atoms with van der Waals surface area (Å²) in [6.45, 7) is 6.18. The lowest BCUT2D eigenvalue weighted by Crippen LogP contribution is -2.30. The number of nitrogens with zero attached hydrogens (tertiary/aromatic N) is 1. The Hall–Kier alpha value is -1.42. The zero-order chi connectivity index (χ0) is 14.0. The molecule has 0 unspecified atom stereocenters. The normalized spacial score (nSPS) is 15.2. The first-order valence-corrected chi connectivity index (χ1v) is 6.84. The Labute approximate surface area is 114 Å². The number of nitrogens with one attached hydrogen (secondary N) is 1. The van der Waals surface area contributed by atoms with Gasteiger partial charge in [-0.3, -0.25) is 10.3 Å². The Kier molecular flexibility index (Phi) is 4.20. The smallest absolute Gasteiger partial charge is 0.123 e. The van der Waals surface area contributed by atoms with Gasteiger partial charge in [0.05, 0.1) is 0 Å². The van der Waals surface area contributed by atoms with E-state index in [0.717, 1.165) is 18.7 Å². The molecule has 4 heteroatoms. The van der Waals surface area contributed by atoms with Crippen LogP contribution in [0.2, 0.25) is 0 Å². The van der Waals surface area contributed by atoms with Crippen LogP contribution in [0.5, 0.6) is 0 Å². The summed E-state index contributed by atoms with van der Waals surface area (Å²) in [5, 5.41) is 7.57. The van der Waals surface area contributed by atoms with E-state index in [0.29, 0.717) is 17.5 Å². The summed E-state index contributed by atoms with van der Waals surface area (Å²) in [4.78, 5) is 2.42. The predicted molar refractivity (Wildman–Crippen MR) is 75.7 cm³/mol. The van der Waals surface area contributed by atoms with Crippen LogP contribution in [0, 0.1) is 17.1 Å². The van der Waals surface area contributed by atoms with Crippen LogP contribution in [0.4, 0.5) is 4.39 Å². The zero-order valence-electron chi connectivity index (χ0n) is 11.6. The molecule has 3 N–H and O–H groups in total. The minimum atomic E-state index is -0.337. The maximum Gasteiger partial charge on any atom is 0.123 e. The molecule has 1 aromatic carbocycles. The van der Waals surface area contributed by atoms with Crippen LogP contribution in [0.25, 0.3) is 0 Å². The molecule has 0 aromatic heterocycles. The molecule has 1 aliphatic carbocycles. The number of amidine groups is 1. The lowest BCUT2D eigenvalue weighted by molar-refractivity contribution is 0.226. The van der Waals surface area contributed by atoms with Gasteiger partial charge in [0.15, 0.2) is 0 Å². The Morgan fingerprint density at radius 2 is 2.16 bits per heavy atom. The van der Waals surface area contributed by atoms with E-state index in [1.165, 1.54) is 25.0 Å². The summed E-state index contributed by atoms with van der Waals surface area (Å²) in [5.41, 5.74) is 7.02. The topological polar surface area (TPSA) is 53.1 Å². The second-order valence-corrected chi connectivity index (χ2v) is 5.77. The molecular formula is C15H22FN3. The van der Waals surface area contributed by atoms with E-state index in [9.17, 15) is 4.39 Å². The van der Waals surface area contributed by atoms with E-state index in [1.807, 2.05) is 0 Å². The molecule has 0 bridgehead atoms. The molecule has 1 aromatic rings. The lowest BCUT2D eigenvalue weighted by atomic mass is 10.0. The molecule has 0 aliphatic heterocycles. The summed E-state index contributed by atoms with van der Waals surface area (Å²) in [5.74, 6) is 0.201. The van der Waals surface area contributed by atoms with Gasteiger partial charge in [-0.05, 0) is 36.5 Å². The molecule has 0 amide bonds. The summed E-state index contributed by atoms with van der Waals surface area (Å²) in [6.07, 6.45) is 2.48. The molecule has 0 atom stereocenters. The fourth-order valence-electron chi connectivity index (χ4n) is 2.41. The molecule has 1 fully saturated rings. The fourth-order valence-corrected chi connectivity index (χ4v) is 2.41. The maximum atomic E-state index is 13.3. The highest BCUT2D eigenvalue weighted by Crippen LogP contribution is 2.29. The van der Waals surface area contributed by atoms with Crippen LogP contribution in [0.3, 0.4) is 0 Å². The first kappa shape index (κ1) is 14.0. The van der Waals surface area contributed by atoms with E-state index in [1.54, 1.807) is 6.07 Å². The predicted octanol–water partition coefficient (Wildman–Crippen LogP) is 2.73. The third-order valence-corrected chi connectivity index (χ3v) is 3.40. The van der Waals surface area contributed by atoms with Crippen molar-refractivity contribution >= 4 is 5.84 Å². The standard InChI is InChI=1S/C15H22FN3/c1-10(2)8-19(13-5-6-13)9-11-3-4-12(16)7-14(11)15(17)18/h3-4,7,10,13H,5-6,8-9H2,1-2H3,(H3,17,18). The van der Waals surface area contributed by atoms with Gasteiger partial charge >= 0.3 is 0 Å². The Bertz CT molecular complexity index is 466. The van der Waals surface area contributed by atoms with Crippen molar-refractivity contribution in [3.63, 3.8) is 0 Å². The highest BCUT2D eigenvalue weighted by Gasteiger charge is 2.29. The molecule has 0 heterocycles. The number of hydrogen-bond donors (Lipinski definition) is 2. The summed E-state index contributed by atoms with van der Waals surface area (Å²) in [7, 11) is 0. The first-order chi connectivity index (χ1) is 8.97. The quantitative estimate of drug-likeness (QED) is 0.612. The van der Waals surface area contributed by atoms with Crippen molar-refractivity contribution in [3.8, 4) is 0 Å². The van der Waals surface area contributed by atoms with Crippen molar-refractivity contribution in [2.75, 3.05) is 6.54 Å². The number of nitrogen functional groups attached to an aromatic ring is 1. The van der Waals surface area contributed by atoms with Gasteiger partial charge in [0.1, 0.15) is 11.7 Å². The average Bonchev–Trinajstić information content (AvgIpc) is 3.13. The van der Waals surface area contributed by atoms with Crippen LogP contribution >= 0.6 is 0 Å². The molecule has 0 saturated heterocycles. The van der Waals surface area contributed by atoms with Crippen LogP contribution in [-0.2, 0) is 6.54 Å². The molecule has 1 saturated carbocycles. The molecule has 3 nitrogen and oxygen atoms in total. The fraction of sp³-hybridized carbons (Fsp3) is 0.533. The van der Waals surface area contributed by atoms with Crippen molar-refractivity contribution in [2.24, 2.45) is 11.7 Å². The van der Waals surface area contributed by atoms with Crippen LogP contribution in [0.15, 0.2) is 18.2 Å². The van der Waals surface area contributed by atoms with Crippen LogP contribution in [0.1, 0.15) is 37.8 Å². The lowest BCUT2D eigenvalue weighted by Gasteiger charge is -2.25. The number of benzene rings is 1. The molecule has 19 heavy (non-hydrogen) atoms. The summed E-state index contributed by atoms with van der Waals surface area (Å²) in [6, 6.07) is 5.20. The summed E-state index contributed by atoms with van der Waals surface area (Å²) >= 11 is 0. The van der Waals surface area contributed by atoms with Crippen molar-refractivity contribution in [2.45, 2.75) is 39.3 Å². The van der Waals surface area contributed by atoms with Gasteiger partial charge < -0.3 is 5.73 Å². The number of halogens is 1. The third kappa shape index (κ3) is 3.77. The second-order valence-electron chi connectivity index (χ2n) is 5.77. The van der Waals surface area contributed by atoms with Crippen LogP contribution < -0.4 is 5.73 Å². The molecule has 0 spiro atoms. The van der Waals surface area contributed by atoms with E-state index in [-0.39, 0.29) is 11.7 Å². The van der Waals surface area contributed by atoms with Gasteiger partial charge in [0.2, 0.25) is 0 Å². The van der Waals surface area contributed by atoms with E-state index in [4.69, 9.17) is 11.1 Å². The minimum Gasteiger partial charge on any atom is -0.384 e. The minimum absolute atomic E-state index is 0.0604. The Balaban J connectivity index is 2.18. The Morgan fingerprint density at radius 1 is 1.47 bits per heavy atom. The SMILES string of the molecule is CC(C)CN(Cc1ccc(F)cc1C(=N)N)C1CC1. The van der Waals surface area contributed by atoms with Crippen molar-refractivity contribution in [1.82, 2.24) is 4.90 Å². The van der Waals surface area contributed by atoms with Gasteiger partial charge in [-0.2, -0.15) is 0 Å². The highest BCUT2D eigenvalue weighted by molar-refractivity contribution is 5.96. The molecule has 2 rings (SSSR count). The van der Waals surface area contributed by atoms with Gasteiger partial charge in [-0.1, -0.05) is 19.9 Å². The highest BCUT2D eigenvalue weighted by atomic mass is 19.1. The molecular weight excluding hydrogens is 241 g/mol. The van der Waals surface area contributed by atoms with Gasteiger partial charge in [0.25, 0.3) is 0 Å². The van der Waals surface area contributed by atoms with Crippen molar-refractivity contribution in [1.29, 1.82) is 5.41 Å². The number of rotatable bonds is 6. The third-order valence-electron chi connectivity index (χ3n) is 3.40. The number of nitrogens with two attached hydrogens (primary N) is 1. The Morgan fingerprint density at radius 3 is 2.68 bits per heavy atom. The first-order valence-electron chi connectivity index (χ1n) is 6.84. The maximum absolute atomic E-state index is 13.3. The number of hydrogen-bond acceptors (Lipinski definition) is 2. The van der Waals surface area contributed by atoms with Crippen LogP contribution in [-0.4, -0.2) is 23.3 Å². The van der Waals surface area contributed by atoms with Gasteiger partial charge in [-0.15, -0.1) is 0 Å². The van der Waals surface area contributed by atoms with Crippen molar-refractivity contribution in [3.05, 3.63) is 35.1 Å². The second kappa shape index (κ2) is 5.70. The van der Waals surface area contributed by atoms with Crippen molar-refractivity contribution < 1.29 is 4.39 Å². The molecule has 104 valence electrons. The van der Waals surface area contributed by atoms with Gasteiger partial charge in [0, 0.05) is 24.7 Å². The monoisotopic (exact) mass is 263 g/mol.